The highest BCUT2D eigenvalue weighted by molar-refractivity contribution is 5.75. The zero-order valence-electron chi connectivity index (χ0n) is 16.9. The molecule has 9 nitrogen and oxygen atoms in total. The van der Waals surface area contributed by atoms with Gasteiger partial charge in [-0.2, -0.15) is 4.98 Å². The number of ether oxygens (including phenoxy) is 2. The summed E-state index contributed by atoms with van der Waals surface area (Å²) in [5.41, 5.74) is 2.83. The summed E-state index contributed by atoms with van der Waals surface area (Å²) in [6.07, 6.45) is 0.0766. The van der Waals surface area contributed by atoms with Gasteiger partial charge in [-0.25, -0.2) is 4.98 Å². The minimum atomic E-state index is -0.458. The standard InChI is InChI=1S/C22H21N5O4/c1-26-16-5-3-2-4-15(16)23-20(26)11-27-10-14(28)9-17(27)22-24-21(25-31-22)13-6-7-18-19(8-13)30-12-29-18/h2-8,14,17,28H,9-12H2,1H3. The van der Waals surface area contributed by atoms with Crippen molar-refractivity contribution in [2.45, 2.75) is 25.1 Å². The lowest BCUT2D eigenvalue weighted by molar-refractivity contribution is 0.167. The number of imidazole rings is 1. The van der Waals surface area contributed by atoms with Crippen molar-refractivity contribution in [2.24, 2.45) is 7.05 Å². The Bertz CT molecular complexity index is 1270. The summed E-state index contributed by atoms with van der Waals surface area (Å²) < 4.78 is 18.5. The van der Waals surface area contributed by atoms with E-state index in [9.17, 15) is 5.11 Å². The van der Waals surface area contributed by atoms with Crippen LogP contribution in [0.15, 0.2) is 47.0 Å². The number of β-amino-alcohol motifs (C(OH)–C–C–N with tert-alkyl or cyclic N) is 1. The van der Waals surface area contributed by atoms with Crippen LogP contribution in [0.3, 0.4) is 0 Å². The maximum Gasteiger partial charge on any atom is 0.244 e. The van der Waals surface area contributed by atoms with Crippen molar-refractivity contribution in [1.82, 2.24) is 24.6 Å². The van der Waals surface area contributed by atoms with Crippen LogP contribution in [0, 0.1) is 0 Å². The number of rotatable bonds is 4. The summed E-state index contributed by atoms with van der Waals surface area (Å²) in [7, 11) is 2.01. The van der Waals surface area contributed by atoms with Gasteiger partial charge in [0.15, 0.2) is 11.5 Å². The van der Waals surface area contributed by atoms with E-state index in [1.165, 1.54) is 0 Å². The normalized spacial score (nSPS) is 20.7. The highest BCUT2D eigenvalue weighted by Gasteiger charge is 2.36. The lowest BCUT2D eigenvalue weighted by Crippen LogP contribution is -2.26. The molecule has 0 saturated carbocycles. The van der Waals surface area contributed by atoms with E-state index in [2.05, 4.69) is 25.7 Å². The third-order valence-electron chi connectivity index (χ3n) is 5.96. The van der Waals surface area contributed by atoms with Crippen LogP contribution < -0.4 is 9.47 Å². The van der Waals surface area contributed by atoms with E-state index in [0.29, 0.717) is 42.7 Å². The average molecular weight is 419 g/mol. The molecule has 4 heterocycles. The van der Waals surface area contributed by atoms with Gasteiger partial charge >= 0.3 is 0 Å². The highest BCUT2D eigenvalue weighted by atomic mass is 16.7. The second kappa shape index (κ2) is 7.07. The number of aliphatic hydroxyl groups is 1. The van der Waals surface area contributed by atoms with E-state index in [0.717, 1.165) is 22.4 Å². The van der Waals surface area contributed by atoms with Crippen molar-refractivity contribution in [3.05, 3.63) is 54.2 Å². The molecule has 158 valence electrons. The van der Waals surface area contributed by atoms with Crippen LogP contribution in [0.5, 0.6) is 11.5 Å². The van der Waals surface area contributed by atoms with Gasteiger partial charge in [0.05, 0.1) is 29.7 Å². The number of fused-ring (bicyclic) bond motifs is 2. The number of benzene rings is 2. The molecule has 2 aromatic heterocycles. The number of aromatic nitrogens is 4. The van der Waals surface area contributed by atoms with Crippen LogP contribution in [0.2, 0.25) is 0 Å². The minimum Gasteiger partial charge on any atom is -0.454 e. The van der Waals surface area contributed by atoms with Gasteiger partial charge in [0.2, 0.25) is 18.5 Å². The molecule has 0 aliphatic carbocycles. The predicted molar refractivity (Wildman–Crippen MR) is 110 cm³/mol. The summed E-state index contributed by atoms with van der Waals surface area (Å²) in [5.74, 6) is 3.28. The van der Waals surface area contributed by atoms with E-state index in [4.69, 9.17) is 19.0 Å². The van der Waals surface area contributed by atoms with E-state index in [1.54, 1.807) is 0 Å². The van der Waals surface area contributed by atoms with E-state index in [-0.39, 0.29) is 12.8 Å². The second-order valence-corrected chi connectivity index (χ2v) is 7.93. The molecule has 4 aromatic rings. The maximum atomic E-state index is 10.4. The van der Waals surface area contributed by atoms with Crippen LogP contribution in [0.4, 0.5) is 0 Å². The Balaban J connectivity index is 1.28. The number of hydrogen-bond acceptors (Lipinski definition) is 8. The summed E-state index contributed by atoms with van der Waals surface area (Å²) in [4.78, 5) is 11.5. The predicted octanol–water partition coefficient (Wildman–Crippen LogP) is 2.66. The Hall–Kier alpha value is -3.43. The molecule has 2 unspecified atom stereocenters. The molecule has 0 spiro atoms. The molecular formula is C22H21N5O4. The summed E-state index contributed by atoms with van der Waals surface area (Å²) in [5, 5.41) is 14.5. The van der Waals surface area contributed by atoms with Crippen molar-refractivity contribution in [3.8, 4) is 22.9 Å². The van der Waals surface area contributed by atoms with Gasteiger partial charge in [0.1, 0.15) is 5.82 Å². The van der Waals surface area contributed by atoms with Gasteiger partial charge in [0.25, 0.3) is 0 Å². The molecule has 1 fully saturated rings. The minimum absolute atomic E-state index is 0.176. The Morgan fingerprint density at radius 3 is 2.87 bits per heavy atom. The molecule has 2 aromatic carbocycles. The summed E-state index contributed by atoms with van der Waals surface area (Å²) in [6.45, 7) is 1.32. The average Bonchev–Trinajstić information content (AvgIpc) is 3.55. The molecule has 2 aliphatic heterocycles. The number of para-hydroxylation sites is 2. The van der Waals surface area contributed by atoms with Crippen molar-refractivity contribution < 1.29 is 19.1 Å². The molecule has 9 heteroatoms. The van der Waals surface area contributed by atoms with Gasteiger partial charge in [0, 0.05) is 19.2 Å². The van der Waals surface area contributed by atoms with Crippen LogP contribution in [0.25, 0.3) is 22.4 Å². The summed E-state index contributed by atoms with van der Waals surface area (Å²) in [6, 6.07) is 13.4. The maximum absolute atomic E-state index is 10.4. The molecular weight excluding hydrogens is 398 g/mol. The van der Waals surface area contributed by atoms with Crippen molar-refractivity contribution >= 4 is 11.0 Å². The van der Waals surface area contributed by atoms with Gasteiger partial charge < -0.3 is 23.7 Å². The Morgan fingerprint density at radius 1 is 1.10 bits per heavy atom. The molecule has 0 radical (unpaired) electrons. The van der Waals surface area contributed by atoms with Gasteiger partial charge in [-0.05, 0) is 36.8 Å². The van der Waals surface area contributed by atoms with Gasteiger partial charge in [-0.15, -0.1) is 0 Å². The first-order valence-electron chi connectivity index (χ1n) is 10.2. The molecule has 6 rings (SSSR count). The number of aryl methyl sites for hydroxylation is 1. The second-order valence-electron chi connectivity index (χ2n) is 7.93. The lowest BCUT2D eigenvalue weighted by atomic mass is 10.2. The monoisotopic (exact) mass is 419 g/mol. The zero-order chi connectivity index (χ0) is 20.9. The van der Waals surface area contributed by atoms with Crippen molar-refractivity contribution in [1.29, 1.82) is 0 Å². The van der Waals surface area contributed by atoms with Crippen LogP contribution in [-0.2, 0) is 13.6 Å². The van der Waals surface area contributed by atoms with Crippen LogP contribution in [-0.4, -0.2) is 49.1 Å². The van der Waals surface area contributed by atoms with E-state index >= 15 is 0 Å². The van der Waals surface area contributed by atoms with Crippen LogP contribution in [0.1, 0.15) is 24.2 Å². The Kier molecular flexibility index (Phi) is 4.18. The quantitative estimate of drug-likeness (QED) is 0.539. The Morgan fingerprint density at radius 2 is 1.97 bits per heavy atom. The lowest BCUT2D eigenvalue weighted by Gasteiger charge is -2.20. The first kappa shape index (κ1) is 18.3. The fourth-order valence-corrected chi connectivity index (χ4v) is 4.35. The Labute approximate surface area is 177 Å². The number of aliphatic hydroxyl groups excluding tert-OH is 1. The molecule has 2 aliphatic rings. The van der Waals surface area contributed by atoms with Crippen LogP contribution >= 0.6 is 0 Å². The number of hydrogen-bond donors (Lipinski definition) is 1. The molecule has 31 heavy (non-hydrogen) atoms. The molecule has 0 bridgehead atoms. The van der Waals surface area contributed by atoms with Crippen molar-refractivity contribution in [2.75, 3.05) is 13.3 Å². The summed E-state index contributed by atoms with van der Waals surface area (Å²) >= 11 is 0. The molecule has 1 N–H and O–H groups in total. The topological polar surface area (TPSA) is 98.7 Å². The fraction of sp³-hybridized carbons (Fsp3) is 0.318. The SMILES string of the molecule is Cn1c(CN2CC(O)CC2c2nc(-c3ccc4c(c3)OCO4)no2)nc2ccccc21. The highest BCUT2D eigenvalue weighted by Crippen LogP contribution is 2.37. The van der Waals surface area contributed by atoms with E-state index < -0.39 is 6.10 Å². The fourth-order valence-electron chi connectivity index (χ4n) is 4.35. The first-order chi connectivity index (χ1) is 15.2. The zero-order valence-corrected chi connectivity index (χ0v) is 16.9. The van der Waals surface area contributed by atoms with E-state index in [1.807, 2.05) is 43.4 Å². The number of likely N-dealkylation sites (tertiary alicyclic amines) is 1. The molecule has 0 amide bonds. The largest absolute Gasteiger partial charge is 0.454 e. The smallest absolute Gasteiger partial charge is 0.244 e. The van der Waals surface area contributed by atoms with Gasteiger partial charge in [-0.3, -0.25) is 4.90 Å². The first-order valence-corrected chi connectivity index (χ1v) is 10.2. The molecule has 2 atom stereocenters. The third kappa shape index (κ3) is 3.13. The van der Waals surface area contributed by atoms with Crippen molar-refractivity contribution in [3.63, 3.8) is 0 Å². The molecule has 1 saturated heterocycles. The number of nitrogens with zero attached hydrogens (tertiary/aromatic N) is 5. The third-order valence-corrected chi connectivity index (χ3v) is 5.96. The van der Waals surface area contributed by atoms with Gasteiger partial charge in [-0.1, -0.05) is 17.3 Å².